The van der Waals surface area contributed by atoms with Gasteiger partial charge in [0, 0.05) is 6.92 Å². The van der Waals surface area contributed by atoms with Gasteiger partial charge in [-0.2, -0.15) is 12.6 Å². The maximum absolute atomic E-state index is 10.5. The Morgan fingerprint density at radius 2 is 2.25 bits per heavy atom. The molecule has 92 valence electrons. The van der Waals surface area contributed by atoms with Crippen LogP contribution in [0.25, 0.3) is 0 Å². The average molecular weight is 268 g/mol. The molecule has 1 N–H and O–H groups in total. The molecule has 0 aromatic carbocycles. The lowest BCUT2D eigenvalue weighted by Crippen LogP contribution is -2.14. The van der Waals surface area contributed by atoms with Crippen LogP contribution in [0.5, 0.6) is 0 Å². The zero-order valence-corrected chi connectivity index (χ0v) is 10.3. The van der Waals surface area contributed by atoms with Crippen LogP contribution in [0.2, 0.25) is 0 Å². The quantitative estimate of drug-likeness (QED) is 0.557. The van der Waals surface area contributed by atoms with Crippen molar-refractivity contribution < 1.29 is 29.0 Å². The number of thioether (sulfide) groups is 1. The summed E-state index contributed by atoms with van der Waals surface area (Å²) in [5.41, 5.74) is -0.300. The fraction of sp³-hybridized carbons (Fsp3) is 0.625. The maximum Gasteiger partial charge on any atom is 0.317 e. The predicted molar refractivity (Wildman–Crippen MR) is 60.5 cm³/mol. The van der Waals surface area contributed by atoms with Crippen LogP contribution in [0, 0.1) is 0 Å². The Morgan fingerprint density at radius 3 is 2.56 bits per heavy atom. The molecule has 1 aliphatic heterocycles. The summed E-state index contributed by atoms with van der Waals surface area (Å²) >= 11 is 4.76. The van der Waals surface area contributed by atoms with E-state index in [4.69, 9.17) is 9.84 Å². The van der Waals surface area contributed by atoms with Gasteiger partial charge in [-0.15, -0.1) is 11.8 Å². The van der Waals surface area contributed by atoms with E-state index in [0.717, 1.165) is 0 Å². The number of carboxylic acid groups (broad SMARTS) is 1. The van der Waals surface area contributed by atoms with E-state index in [0.29, 0.717) is 5.75 Å². The van der Waals surface area contributed by atoms with Crippen LogP contribution in [0.15, 0.2) is 0 Å². The van der Waals surface area contributed by atoms with E-state index in [-0.39, 0.29) is 29.7 Å². The van der Waals surface area contributed by atoms with Crippen LogP contribution in [-0.4, -0.2) is 46.6 Å². The van der Waals surface area contributed by atoms with Gasteiger partial charge in [0.25, 0.3) is 0 Å². The lowest BCUT2D eigenvalue weighted by atomic mass is 10.7. The van der Waals surface area contributed by atoms with Crippen molar-refractivity contribution in [2.75, 3.05) is 18.1 Å². The Bertz CT molecular complexity index is 267. The van der Waals surface area contributed by atoms with E-state index in [9.17, 15) is 14.4 Å². The van der Waals surface area contributed by atoms with Gasteiger partial charge in [-0.25, -0.2) is 0 Å². The minimum absolute atomic E-state index is 0.0833. The van der Waals surface area contributed by atoms with Crippen molar-refractivity contribution in [2.24, 2.45) is 0 Å². The molecule has 0 aromatic heterocycles. The molecule has 0 saturated carbocycles. The summed E-state index contributed by atoms with van der Waals surface area (Å²) in [7, 11) is 0. The normalized spacial score (nSPS) is 18.1. The molecule has 0 spiro atoms. The highest BCUT2D eigenvalue weighted by Crippen LogP contribution is 2.20. The van der Waals surface area contributed by atoms with Crippen LogP contribution in [0.3, 0.4) is 0 Å². The van der Waals surface area contributed by atoms with Gasteiger partial charge < -0.3 is 14.6 Å². The third-order valence-corrected chi connectivity index (χ3v) is 2.48. The topological polar surface area (TPSA) is 89.9 Å². The summed E-state index contributed by atoms with van der Waals surface area (Å²) < 4.78 is 9.40. The molecule has 0 aliphatic carbocycles. The van der Waals surface area contributed by atoms with Crippen molar-refractivity contribution in [2.45, 2.75) is 12.4 Å². The third kappa shape index (κ3) is 8.42. The number of cyclic esters (lactones) is 1. The molecule has 1 unspecified atom stereocenters. The number of esters is 2. The molecule has 0 amide bonds. The number of hydrogen-bond donors (Lipinski definition) is 2. The first-order valence-corrected chi connectivity index (χ1v) is 5.91. The number of thiol groups is 1. The molecule has 0 radical (unpaired) electrons. The molecule has 6 nitrogen and oxygen atoms in total. The zero-order valence-electron chi connectivity index (χ0n) is 8.54. The Balaban J connectivity index is 0.000000385. The monoisotopic (exact) mass is 268 g/mol. The van der Waals surface area contributed by atoms with E-state index in [1.54, 1.807) is 0 Å². The molecule has 0 bridgehead atoms. The van der Waals surface area contributed by atoms with Gasteiger partial charge in [0.15, 0.2) is 5.44 Å². The number of aliphatic carboxylic acids is 1. The van der Waals surface area contributed by atoms with E-state index < -0.39 is 5.97 Å². The van der Waals surface area contributed by atoms with Crippen LogP contribution in [0.1, 0.15) is 6.92 Å². The summed E-state index contributed by atoms with van der Waals surface area (Å²) in [6.07, 6.45) is 0. The van der Waals surface area contributed by atoms with Gasteiger partial charge in [0.05, 0.1) is 11.5 Å². The van der Waals surface area contributed by atoms with Gasteiger partial charge in [-0.05, 0) is 0 Å². The van der Waals surface area contributed by atoms with Crippen molar-refractivity contribution >= 4 is 42.3 Å². The highest BCUT2D eigenvalue weighted by atomic mass is 32.2. The molecular formula is C8H12O6S2. The van der Waals surface area contributed by atoms with Gasteiger partial charge in [0.2, 0.25) is 0 Å². The molecule has 1 rings (SSSR count). The molecular weight excluding hydrogens is 256 g/mol. The van der Waals surface area contributed by atoms with E-state index >= 15 is 0 Å². The lowest BCUT2D eigenvalue weighted by Gasteiger charge is -2.06. The Labute approximate surface area is 102 Å². The average Bonchev–Trinajstić information content (AvgIpc) is 2.62. The highest BCUT2D eigenvalue weighted by Gasteiger charge is 2.24. The van der Waals surface area contributed by atoms with Crippen LogP contribution < -0.4 is 0 Å². The van der Waals surface area contributed by atoms with Crippen molar-refractivity contribution in [3.63, 3.8) is 0 Å². The highest BCUT2D eigenvalue weighted by molar-refractivity contribution is 8.00. The Morgan fingerprint density at radius 1 is 1.69 bits per heavy atom. The van der Waals surface area contributed by atoms with Gasteiger partial charge in [0.1, 0.15) is 6.61 Å². The van der Waals surface area contributed by atoms with Crippen molar-refractivity contribution in [1.29, 1.82) is 0 Å². The molecule has 1 fully saturated rings. The number of carbonyl (C=O) groups excluding carboxylic acids is 2. The van der Waals surface area contributed by atoms with Crippen LogP contribution >= 0.6 is 24.4 Å². The second-order valence-corrected chi connectivity index (χ2v) is 4.05. The number of carboxylic acids is 1. The minimum atomic E-state index is -0.881. The van der Waals surface area contributed by atoms with Crippen LogP contribution in [0.4, 0.5) is 0 Å². The Hall–Kier alpha value is -0.890. The predicted octanol–water partition coefficient (Wildman–Crippen LogP) is 0.166. The smallest absolute Gasteiger partial charge is 0.317 e. The zero-order chi connectivity index (χ0) is 12.6. The maximum atomic E-state index is 10.5. The van der Waals surface area contributed by atoms with Crippen molar-refractivity contribution in [3.05, 3.63) is 0 Å². The van der Waals surface area contributed by atoms with Crippen LogP contribution in [-0.2, 0) is 23.9 Å². The molecule has 8 heteroatoms. The van der Waals surface area contributed by atoms with E-state index in [1.165, 1.54) is 18.7 Å². The minimum Gasteiger partial charge on any atom is -0.481 e. The lowest BCUT2D eigenvalue weighted by molar-refractivity contribution is -0.149. The summed E-state index contributed by atoms with van der Waals surface area (Å²) in [5.74, 6) is -1.21. The molecule has 1 heterocycles. The summed E-state index contributed by atoms with van der Waals surface area (Å²) in [5, 5.41) is 7.65. The first-order valence-electron chi connectivity index (χ1n) is 4.22. The first kappa shape index (κ1) is 15.1. The standard InChI is InChI=1S/C6H8O4S.C2H4O2S/c1-4(7)9-2-6-10-5(8)3-11-6;3-2(4)1-5/h6H,2-3H2,1H3;5H,1H2,(H,3,4). The molecule has 1 aliphatic rings. The fourth-order valence-electron chi connectivity index (χ4n) is 0.643. The molecule has 16 heavy (non-hydrogen) atoms. The largest absolute Gasteiger partial charge is 0.481 e. The van der Waals surface area contributed by atoms with E-state index in [2.05, 4.69) is 17.4 Å². The molecule has 1 saturated heterocycles. The SMILES string of the molecule is CC(=O)OCC1OC(=O)CS1.O=C(O)CS. The summed E-state index contributed by atoms with van der Waals surface area (Å²) in [6.45, 7) is 1.48. The number of rotatable bonds is 3. The first-order chi connectivity index (χ1) is 7.45. The summed E-state index contributed by atoms with van der Waals surface area (Å²) in [4.78, 5) is 30.1. The third-order valence-electron chi connectivity index (χ3n) is 1.21. The van der Waals surface area contributed by atoms with Gasteiger partial charge in [-0.1, -0.05) is 0 Å². The molecule has 0 aromatic rings. The van der Waals surface area contributed by atoms with Gasteiger partial charge in [-0.3, -0.25) is 14.4 Å². The van der Waals surface area contributed by atoms with Crippen molar-refractivity contribution in [3.8, 4) is 0 Å². The fourth-order valence-corrected chi connectivity index (χ4v) is 1.37. The number of hydrogen-bond acceptors (Lipinski definition) is 7. The Kier molecular flexibility index (Phi) is 7.82. The number of carbonyl (C=O) groups is 3. The second-order valence-electron chi connectivity index (χ2n) is 2.58. The number of ether oxygens (including phenoxy) is 2. The van der Waals surface area contributed by atoms with Gasteiger partial charge >= 0.3 is 17.9 Å². The second kappa shape index (κ2) is 8.28. The van der Waals surface area contributed by atoms with Crippen molar-refractivity contribution in [1.82, 2.24) is 0 Å². The summed E-state index contributed by atoms with van der Waals surface area (Å²) in [6, 6.07) is 0. The van der Waals surface area contributed by atoms with E-state index in [1.807, 2.05) is 0 Å². The molecule has 1 atom stereocenters.